The number of pyridine rings is 1. The monoisotopic (exact) mass is 494 g/mol. The van der Waals surface area contributed by atoms with Gasteiger partial charge in [-0.05, 0) is 55.0 Å². The zero-order valence-electron chi connectivity index (χ0n) is 19.3. The van der Waals surface area contributed by atoms with E-state index in [1.165, 1.54) is 31.3 Å². The molecule has 1 N–H and O–H groups in total. The number of amides is 1. The first-order valence-electron chi connectivity index (χ1n) is 10.8. The predicted molar refractivity (Wildman–Crippen MR) is 131 cm³/mol. The van der Waals surface area contributed by atoms with Crippen molar-refractivity contribution < 1.29 is 28.9 Å². The molecule has 1 aliphatic rings. The van der Waals surface area contributed by atoms with Crippen molar-refractivity contribution >= 4 is 34.7 Å². The van der Waals surface area contributed by atoms with E-state index in [1.54, 1.807) is 48.8 Å². The van der Waals surface area contributed by atoms with Crippen LogP contribution in [-0.4, -0.2) is 42.6 Å². The number of carbonyl (C=O) groups is 2. The Labute approximate surface area is 207 Å². The average Bonchev–Trinajstić information content (AvgIpc) is 3.15. The molecule has 1 saturated heterocycles. The number of nitrogens with zero attached hydrogens (tertiary/aromatic N) is 2. The minimum Gasteiger partial charge on any atom is -0.507 e. The van der Waals surface area contributed by atoms with Crippen molar-refractivity contribution in [2.24, 2.45) is 0 Å². The van der Waals surface area contributed by atoms with E-state index in [4.69, 9.17) is 25.8 Å². The van der Waals surface area contributed by atoms with Crippen LogP contribution in [0.4, 0.5) is 5.69 Å². The number of hydrogen-bond acceptors (Lipinski definition) is 7. The molecule has 180 valence electrons. The van der Waals surface area contributed by atoms with Gasteiger partial charge in [0.15, 0.2) is 0 Å². The van der Waals surface area contributed by atoms with Gasteiger partial charge in [-0.3, -0.25) is 19.5 Å². The van der Waals surface area contributed by atoms with Crippen LogP contribution in [0.15, 0.2) is 66.5 Å². The Balaban J connectivity index is 1.92. The normalized spacial score (nSPS) is 16.9. The molecule has 1 aromatic heterocycles. The number of rotatable bonds is 7. The van der Waals surface area contributed by atoms with Gasteiger partial charge in [0.05, 0.1) is 43.0 Å². The van der Waals surface area contributed by atoms with Crippen LogP contribution in [0.2, 0.25) is 5.02 Å². The molecule has 8 nitrogen and oxygen atoms in total. The fourth-order valence-electron chi connectivity index (χ4n) is 4.02. The SMILES string of the molecule is CCOc1ccc(N2C(=O)C(=O)/C(=C(/O)c3cc(Cl)c(OC)cc3OC)C2c2ccncc2)cc1. The number of ether oxygens (including phenoxy) is 3. The summed E-state index contributed by atoms with van der Waals surface area (Å²) in [5.74, 6) is -0.848. The molecular formula is C26H23ClN2O6. The number of aliphatic hydroxyl groups is 1. The van der Waals surface area contributed by atoms with Crippen molar-refractivity contribution in [2.75, 3.05) is 25.7 Å². The maximum absolute atomic E-state index is 13.3. The lowest BCUT2D eigenvalue weighted by Gasteiger charge is -2.25. The molecule has 9 heteroatoms. The Morgan fingerprint density at radius 2 is 1.69 bits per heavy atom. The highest BCUT2D eigenvalue weighted by Crippen LogP contribution is 2.44. The van der Waals surface area contributed by atoms with Gasteiger partial charge in [-0.1, -0.05) is 11.6 Å². The molecule has 0 radical (unpaired) electrons. The highest BCUT2D eigenvalue weighted by atomic mass is 35.5. The molecule has 2 heterocycles. The summed E-state index contributed by atoms with van der Waals surface area (Å²) < 4.78 is 16.1. The first kappa shape index (κ1) is 24.1. The van der Waals surface area contributed by atoms with Crippen molar-refractivity contribution in [3.8, 4) is 17.2 Å². The molecule has 0 bridgehead atoms. The van der Waals surface area contributed by atoms with Crippen LogP contribution < -0.4 is 19.1 Å². The highest BCUT2D eigenvalue weighted by Gasteiger charge is 2.47. The van der Waals surface area contributed by atoms with Gasteiger partial charge in [0.25, 0.3) is 11.7 Å². The largest absolute Gasteiger partial charge is 0.507 e. The number of methoxy groups -OCH3 is 2. The summed E-state index contributed by atoms with van der Waals surface area (Å²) in [7, 11) is 2.87. The number of aliphatic hydroxyl groups excluding tert-OH is 1. The average molecular weight is 495 g/mol. The molecule has 2 aromatic carbocycles. The zero-order valence-corrected chi connectivity index (χ0v) is 20.1. The second-order valence-corrected chi connectivity index (χ2v) is 7.97. The summed E-state index contributed by atoms with van der Waals surface area (Å²) in [6.45, 7) is 2.36. The Morgan fingerprint density at radius 1 is 1.03 bits per heavy atom. The van der Waals surface area contributed by atoms with Crippen LogP contribution in [0.1, 0.15) is 24.1 Å². The summed E-state index contributed by atoms with van der Waals surface area (Å²) in [6.07, 6.45) is 3.11. The van der Waals surface area contributed by atoms with Crippen LogP contribution in [0.5, 0.6) is 17.2 Å². The third kappa shape index (κ3) is 4.40. The van der Waals surface area contributed by atoms with Crippen LogP contribution >= 0.6 is 11.6 Å². The molecule has 1 atom stereocenters. The van der Waals surface area contributed by atoms with E-state index in [1.807, 2.05) is 6.92 Å². The lowest BCUT2D eigenvalue weighted by atomic mass is 9.95. The summed E-state index contributed by atoms with van der Waals surface area (Å²) in [5.41, 5.74) is 1.11. The van der Waals surface area contributed by atoms with E-state index in [0.29, 0.717) is 29.4 Å². The Hall–Kier alpha value is -4.04. The van der Waals surface area contributed by atoms with Gasteiger partial charge < -0.3 is 19.3 Å². The zero-order chi connectivity index (χ0) is 25.1. The maximum Gasteiger partial charge on any atom is 0.300 e. The van der Waals surface area contributed by atoms with E-state index in [2.05, 4.69) is 4.98 Å². The van der Waals surface area contributed by atoms with Gasteiger partial charge >= 0.3 is 0 Å². The van der Waals surface area contributed by atoms with Crippen molar-refractivity contribution in [1.82, 2.24) is 4.98 Å². The fourth-order valence-corrected chi connectivity index (χ4v) is 4.26. The number of carbonyl (C=O) groups excluding carboxylic acids is 2. The van der Waals surface area contributed by atoms with Gasteiger partial charge in [0, 0.05) is 24.1 Å². The van der Waals surface area contributed by atoms with E-state index in [-0.39, 0.29) is 21.9 Å². The van der Waals surface area contributed by atoms with Gasteiger partial charge in [-0.15, -0.1) is 0 Å². The number of halogens is 1. The molecule has 4 rings (SSSR count). The van der Waals surface area contributed by atoms with E-state index < -0.39 is 23.5 Å². The summed E-state index contributed by atoms with van der Waals surface area (Å²) in [4.78, 5) is 32.0. The second kappa shape index (κ2) is 10.1. The molecule has 1 amide bonds. The third-order valence-corrected chi connectivity index (χ3v) is 5.92. The minimum atomic E-state index is -0.915. The minimum absolute atomic E-state index is 0.102. The summed E-state index contributed by atoms with van der Waals surface area (Å²) in [6, 6.07) is 12.2. The van der Waals surface area contributed by atoms with Gasteiger partial charge in [0.1, 0.15) is 23.0 Å². The Morgan fingerprint density at radius 3 is 2.29 bits per heavy atom. The third-order valence-electron chi connectivity index (χ3n) is 5.62. The Bertz CT molecular complexity index is 1290. The number of benzene rings is 2. The van der Waals surface area contributed by atoms with Gasteiger partial charge in [0.2, 0.25) is 0 Å². The highest BCUT2D eigenvalue weighted by molar-refractivity contribution is 6.51. The van der Waals surface area contributed by atoms with E-state index in [9.17, 15) is 14.7 Å². The van der Waals surface area contributed by atoms with Crippen LogP contribution in [-0.2, 0) is 9.59 Å². The van der Waals surface area contributed by atoms with Crippen LogP contribution in [0.3, 0.4) is 0 Å². The molecular weight excluding hydrogens is 472 g/mol. The first-order chi connectivity index (χ1) is 16.9. The predicted octanol–water partition coefficient (Wildman–Crippen LogP) is 4.78. The second-order valence-electron chi connectivity index (χ2n) is 7.56. The van der Waals surface area contributed by atoms with E-state index >= 15 is 0 Å². The smallest absolute Gasteiger partial charge is 0.300 e. The standard InChI is InChI=1S/C26H23ClN2O6/c1-4-35-17-7-5-16(6-8-17)29-23(15-9-11-28-12-10-15)22(25(31)26(29)32)24(30)18-13-19(27)21(34-3)14-20(18)33-2/h5-14,23,30H,4H2,1-3H3/b24-22+. The molecule has 1 fully saturated rings. The molecule has 0 aliphatic carbocycles. The molecule has 3 aromatic rings. The summed E-state index contributed by atoms with van der Waals surface area (Å²) in [5, 5.41) is 11.6. The van der Waals surface area contributed by atoms with Crippen molar-refractivity contribution in [3.05, 3.63) is 82.6 Å². The number of ketones is 1. The maximum atomic E-state index is 13.3. The number of anilines is 1. The number of aromatic nitrogens is 1. The van der Waals surface area contributed by atoms with Crippen molar-refractivity contribution in [2.45, 2.75) is 13.0 Å². The quantitative estimate of drug-likeness (QED) is 0.287. The lowest BCUT2D eigenvalue weighted by molar-refractivity contribution is -0.132. The van der Waals surface area contributed by atoms with Gasteiger partial charge in [-0.2, -0.15) is 0 Å². The summed E-state index contributed by atoms with van der Waals surface area (Å²) >= 11 is 6.30. The molecule has 1 aliphatic heterocycles. The topological polar surface area (TPSA) is 98.2 Å². The number of hydrogen-bond donors (Lipinski definition) is 1. The van der Waals surface area contributed by atoms with Gasteiger partial charge in [-0.25, -0.2) is 0 Å². The fraction of sp³-hybridized carbons (Fsp3) is 0.192. The van der Waals surface area contributed by atoms with Crippen LogP contribution in [0.25, 0.3) is 5.76 Å². The van der Waals surface area contributed by atoms with Crippen LogP contribution in [0, 0.1) is 0 Å². The first-order valence-corrected chi connectivity index (χ1v) is 11.1. The lowest BCUT2D eigenvalue weighted by Crippen LogP contribution is -2.29. The Kier molecular flexibility index (Phi) is 6.93. The number of Topliss-reactive ketones (excluding diaryl/α,β-unsaturated/α-hetero) is 1. The molecule has 0 spiro atoms. The molecule has 1 unspecified atom stereocenters. The van der Waals surface area contributed by atoms with Crippen molar-refractivity contribution in [1.29, 1.82) is 0 Å². The van der Waals surface area contributed by atoms with E-state index in [0.717, 1.165) is 0 Å². The molecule has 35 heavy (non-hydrogen) atoms. The molecule has 0 saturated carbocycles. The van der Waals surface area contributed by atoms with Crippen molar-refractivity contribution in [3.63, 3.8) is 0 Å².